The molecule has 1 N–H and O–H groups in total. The fourth-order valence-electron chi connectivity index (χ4n) is 2.14. The van der Waals surface area contributed by atoms with Crippen molar-refractivity contribution in [1.29, 1.82) is 0 Å². The minimum absolute atomic E-state index is 0.0477. The lowest BCUT2D eigenvalue weighted by Crippen LogP contribution is -2.35. The molecule has 146 valence electrons. The molecule has 0 spiro atoms. The van der Waals surface area contributed by atoms with E-state index in [9.17, 15) is 19.2 Å². The second-order valence-electron chi connectivity index (χ2n) is 6.42. The van der Waals surface area contributed by atoms with Crippen LogP contribution in [0.4, 0.5) is 0 Å². The van der Waals surface area contributed by atoms with Crippen LogP contribution in [0.15, 0.2) is 29.4 Å². The molecule has 0 saturated carbocycles. The van der Waals surface area contributed by atoms with Gasteiger partial charge in [-0.05, 0) is 36.8 Å². The van der Waals surface area contributed by atoms with Gasteiger partial charge in [-0.2, -0.15) is 0 Å². The van der Waals surface area contributed by atoms with Gasteiger partial charge in [0.15, 0.2) is 0 Å². The fraction of sp³-hybridized carbons (Fsp3) is 0.471. The van der Waals surface area contributed by atoms with Gasteiger partial charge >= 0.3 is 5.97 Å². The van der Waals surface area contributed by atoms with E-state index in [2.05, 4.69) is 10.3 Å². The Kier molecular flexibility index (Phi) is 7.66. The molecule has 0 bridgehead atoms. The molecular formula is C17H21N3O5S2. The zero-order valence-electron chi connectivity index (χ0n) is 15.1. The largest absolute Gasteiger partial charge is 0.355 e. The third-order valence-electron chi connectivity index (χ3n) is 3.43. The first-order valence-corrected chi connectivity index (χ1v) is 10.5. The molecule has 0 atom stereocenters. The van der Waals surface area contributed by atoms with Crippen LogP contribution in [-0.4, -0.2) is 45.0 Å². The number of hydrogen-bond donors (Lipinski definition) is 1. The van der Waals surface area contributed by atoms with Gasteiger partial charge in [0.25, 0.3) is 11.8 Å². The molecule has 1 aliphatic heterocycles. The standard InChI is InChI=1S/C17H21N3O5S2/c1-17(2,27-26-13-5-3-4-9-19-13)11-12(21)18-10-8-16(24)25-20-14(22)6-7-15(20)23/h3-5,9H,6-8,10-11H2,1-2H3,(H,18,21). The van der Waals surface area contributed by atoms with Crippen LogP contribution in [0.1, 0.15) is 39.5 Å². The minimum atomic E-state index is -0.738. The van der Waals surface area contributed by atoms with Crippen molar-refractivity contribution in [2.75, 3.05) is 6.54 Å². The van der Waals surface area contributed by atoms with Crippen molar-refractivity contribution in [2.24, 2.45) is 0 Å². The smallest absolute Gasteiger partial charge is 0.334 e. The van der Waals surface area contributed by atoms with Crippen molar-refractivity contribution in [3.8, 4) is 0 Å². The molecule has 1 aliphatic rings. The molecule has 3 amide bonds. The van der Waals surface area contributed by atoms with Gasteiger partial charge in [0.1, 0.15) is 5.03 Å². The molecule has 0 aromatic carbocycles. The first kappa shape index (κ1) is 21.2. The lowest BCUT2D eigenvalue weighted by Gasteiger charge is -2.22. The van der Waals surface area contributed by atoms with Crippen LogP contribution in [0, 0.1) is 0 Å². The van der Waals surface area contributed by atoms with Crippen molar-refractivity contribution in [1.82, 2.24) is 15.4 Å². The number of nitrogens with one attached hydrogen (secondary N) is 1. The molecule has 1 aromatic rings. The first-order valence-electron chi connectivity index (χ1n) is 8.37. The Hall–Kier alpha value is -2.07. The number of aromatic nitrogens is 1. The highest BCUT2D eigenvalue weighted by Crippen LogP contribution is 2.41. The number of carbonyl (C=O) groups excluding carboxylic acids is 4. The molecule has 2 heterocycles. The van der Waals surface area contributed by atoms with Crippen molar-refractivity contribution in [3.05, 3.63) is 24.4 Å². The van der Waals surface area contributed by atoms with Crippen LogP contribution in [-0.2, 0) is 24.0 Å². The van der Waals surface area contributed by atoms with Gasteiger partial charge in [0, 0.05) is 36.8 Å². The Labute approximate surface area is 165 Å². The van der Waals surface area contributed by atoms with Crippen LogP contribution in [0.25, 0.3) is 0 Å². The Morgan fingerprint density at radius 3 is 2.59 bits per heavy atom. The number of carbonyl (C=O) groups is 4. The number of amides is 3. The summed E-state index contributed by atoms with van der Waals surface area (Å²) in [6.45, 7) is 3.97. The van der Waals surface area contributed by atoms with Gasteiger partial charge in [-0.1, -0.05) is 16.9 Å². The molecule has 1 fully saturated rings. The van der Waals surface area contributed by atoms with Gasteiger partial charge in [-0.25, -0.2) is 9.78 Å². The second kappa shape index (κ2) is 9.75. The average Bonchev–Trinajstić information content (AvgIpc) is 2.92. The highest BCUT2D eigenvalue weighted by Gasteiger charge is 2.32. The SMILES string of the molecule is CC(C)(CC(=O)NCCC(=O)ON1C(=O)CCC1=O)SSc1ccccn1. The molecule has 0 radical (unpaired) electrons. The van der Waals surface area contributed by atoms with Crippen LogP contribution < -0.4 is 5.32 Å². The molecule has 0 unspecified atom stereocenters. The quantitative estimate of drug-likeness (QED) is 0.486. The van der Waals surface area contributed by atoms with E-state index in [1.165, 1.54) is 10.8 Å². The minimum Gasteiger partial charge on any atom is -0.355 e. The third-order valence-corrected chi connectivity index (χ3v) is 6.63. The van der Waals surface area contributed by atoms with Gasteiger partial charge < -0.3 is 10.2 Å². The monoisotopic (exact) mass is 411 g/mol. The zero-order chi connectivity index (χ0) is 19.9. The maximum Gasteiger partial charge on any atom is 0.334 e. The molecule has 0 aliphatic carbocycles. The predicted molar refractivity (Wildman–Crippen MR) is 101 cm³/mol. The summed E-state index contributed by atoms with van der Waals surface area (Å²) >= 11 is 0. The fourth-order valence-corrected chi connectivity index (χ4v) is 4.28. The molecule has 10 heteroatoms. The molecular weight excluding hydrogens is 390 g/mol. The molecule has 27 heavy (non-hydrogen) atoms. The van der Waals surface area contributed by atoms with E-state index >= 15 is 0 Å². The normalized spacial score (nSPS) is 14.4. The van der Waals surface area contributed by atoms with Crippen molar-refractivity contribution < 1.29 is 24.0 Å². The van der Waals surface area contributed by atoms with Crippen LogP contribution >= 0.6 is 21.6 Å². The number of hydrogen-bond acceptors (Lipinski definition) is 8. The van der Waals surface area contributed by atoms with Crippen molar-refractivity contribution in [3.63, 3.8) is 0 Å². The summed E-state index contributed by atoms with van der Waals surface area (Å²) in [6.07, 6.45) is 1.94. The lowest BCUT2D eigenvalue weighted by atomic mass is 10.1. The summed E-state index contributed by atoms with van der Waals surface area (Å²) < 4.78 is -0.332. The van der Waals surface area contributed by atoms with Gasteiger partial charge in [-0.3, -0.25) is 14.4 Å². The van der Waals surface area contributed by atoms with E-state index in [4.69, 9.17) is 4.84 Å². The molecule has 1 saturated heterocycles. The van der Waals surface area contributed by atoms with Gasteiger partial charge in [0.2, 0.25) is 5.91 Å². The van der Waals surface area contributed by atoms with Gasteiger partial charge in [-0.15, -0.1) is 5.06 Å². The van der Waals surface area contributed by atoms with Gasteiger partial charge in [0.05, 0.1) is 6.42 Å². The highest BCUT2D eigenvalue weighted by molar-refractivity contribution is 8.77. The number of rotatable bonds is 9. The van der Waals surface area contributed by atoms with E-state index in [0.717, 1.165) is 5.03 Å². The molecule has 8 nitrogen and oxygen atoms in total. The van der Waals surface area contributed by atoms with Crippen LogP contribution in [0.2, 0.25) is 0 Å². The van der Waals surface area contributed by atoms with E-state index in [0.29, 0.717) is 5.06 Å². The second-order valence-corrected chi connectivity index (χ2v) is 9.27. The number of pyridine rings is 1. The van der Waals surface area contributed by atoms with Crippen LogP contribution in [0.5, 0.6) is 0 Å². The number of hydroxylamine groups is 2. The Morgan fingerprint density at radius 2 is 1.96 bits per heavy atom. The van der Waals surface area contributed by atoms with Crippen molar-refractivity contribution in [2.45, 2.75) is 49.3 Å². The predicted octanol–water partition coefficient (Wildman–Crippen LogP) is 2.10. The lowest BCUT2D eigenvalue weighted by molar-refractivity contribution is -0.197. The summed E-state index contributed by atoms with van der Waals surface area (Å²) in [4.78, 5) is 55.5. The van der Waals surface area contributed by atoms with Crippen LogP contribution in [0.3, 0.4) is 0 Å². The number of imide groups is 1. The van der Waals surface area contributed by atoms with E-state index in [-0.39, 0.29) is 42.9 Å². The Bertz CT molecular complexity index is 696. The highest BCUT2D eigenvalue weighted by atomic mass is 33.1. The van der Waals surface area contributed by atoms with Crippen molar-refractivity contribution >= 4 is 45.3 Å². The molecule has 1 aromatic heterocycles. The summed E-state index contributed by atoms with van der Waals surface area (Å²) in [5.74, 6) is -1.99. The van der Waals surface area contributed by atoms with E-state index in [1.807, 2.05) is 32.0 Å². The van der Waals surface area contributed by atoms with E-state index in [1.54, 1.807) is 17.0 Å². The summed E-state index contributed by atoms with van der Waals surface area (Å²) in [5, 5.41) is 4.01. The average molecular weight is 412 g/mol. The zero-order valence-corrected chi connectivity index (χ0v) is 16.7. The number of nitrogens with zero attached hydrogens (tertiary/aromatic N) is 2. The Morgan fingerprint density at radius 1 is 1.26 bits per heavy atom. The summed E-state index contributed by atoms with van der Waals surface area (Å²) in [7, 11) is 3.04. The maximum atomic E-state index is 12.1. The Balaban J connectivity index is 1.66. The third kappa shape index (κ3) is 7.22. The summed E-state index contributed by atoms with van der Waals surface area (Å²) in [5.41, 5.74) is 0. The topological polar surface area (TPSA) is 106 Å². The molecule has 2 rings (SSSR count). The first-order chi connectivity index (χ1) is 12.8. The maximum absolute atomic E-state index is 12.1. The summed E-state index contributed by atoms with van der Waals surface area (Å²) in [6, 6.07) is 5.64. The van der Waals surface area contributed by atoms with E-state index < -0.39 is 17.8 Å².